The van der Waals surface area contributed by atoms with Crippen molar-refractivity contribution in [3.63, 3.8) is 0 Å². The van der Waals surface area contributed by atoms with Crippen LogP contribution in [0.15, 0.2) is 48.6 Å². The fourth-order valence-corrected chi connectivity index (χ4v) is 7.07. The minimum atomic E-state index is -0.324. The van der Waals surface area contributed by atoms with Crippen LogP contribution in [-0.4, -0.2) is 42.5 Å². The van der Waals surface area contributed by atoms with Crippen LogP contribution >= 0.6 is 0 Å². The van der Waals surface area contributed by atoms with E-state index in [1.165, 1.54) is 141 Å². The molecule has 0 saturated carbocycles. The number of allylic oxidation sites excluding steroid dienone is 8. The molecule has 0 N–H and O–H groups in total. The van der Waals surface area contributed by atoms with Crippen LogP contribution in [0.1, 0.15) is 188 Å². The molecule has 0 unspecified atom stereocenters. The first-order chi connectivity index (χ1) is 22.6. The number of hydrogen-bond acceptors (Lipinski definition) is 3. The van der Waals surface area contributed by atoms with E-state index in [1.807, 2.05) is 0 Å². The van der Waals surface area contributed by atoms with E-state index in [2.05, 4.69) is 81.3 Å². The number of unbranched alkanes of at least 4 members (excludes halogenated alkanes) is 18. The highest BCUT2D eigenvalue weighted by molar-refractivity contribution is 4.98. The van der Waals surface area contributed by atoms with Crippen LogP contribution in [0.5, 0.6) is 0 Å². The molecule has 0 spiro atoms. The Morgan fingerprint density at radius 2 is 0.913 bits per heavy atom. The molecule has 0 aliphatic carbocycles. The predicted molar refractivity (Wildman–Crippen MR) is 203 cm³/mol. The normalized spacial score (nSPS) is 21.7. The van der Waals surface area contributed by atoms with Gasteiger partial charge in [0.15, 0.2) is 5.79 Å². The largest absolute Gasteiger partial charge is 0.343 e. The van der Waals surface area contributed by atoms with Crippen LogP contribution in [0.25, 0.3) is 0 Å². The highest BCUT2D eigenvalue weighted by atomic mass is 16.8. The molecule has 2 saturated heterocycles. The molecule has 3 atom stereocenters. The van der Waals surface area contributed by atoms with Crippen molar-refractivity contribution in [2.45, 2.75) is 212 Å². The molecule has 0 radical (unpaired) electrons. The van der Waals surface area contributed by atoms with Crippen LogP contribution < -0.4 is 0 Å². The molecule has 3 heteroatoms. The van der Waals surface area contributed by atoms with Gasteiger partial charge in [0.1, 0.15) is 12.2 Å². The van der Waals surface area contributed by atoms with Gasteiger partial charge in [0, 0.05) is 25.4 Å². The van der Waals surface area contributed by atoms with E-state index in [4.69, 9.17) is 9.47 Å². The number of likely N-dealkylation sites (tertiary alicyclic amines) is 1. The smallest absolute Gasteiger partial charge is 0.169 e. The molecule has 266 valence electrons. The SMILES string of the molecule is CCCCC/C=C\C/C=C\CCCCCCCCC1(CCCCCCCC/C=C\C/C=C\CCCCC)O[C@H]2[C@H](CN(C)[C@H]2C)O1. The lowest BCUT2D eigenvalue weighted by molar-refractivity contribution is -0.197. The summed E-state index contributed by atoms with van der Waals surface area (Å²) in [5.41, 5.74) is 0. The van der Waals surface area contributed by atoms with Gasteiger partial charge in [-0.1, -0.05) is 140 Å². The number of likely N-dealkylation sites (N-methyl/N-ethyl adjacent to an activating group) is 1. The molecule has 0 aromatic rings. The molecule has 0 amide bonds. The van der Waals surface area contributed by atoms with Gasteiger partial charge in [0.05, 0.1) is 0 Å². The summed E-state index contributed by atoms with van der Waals surface area (Å²) >= 11 is 0. The maximum absolute atomic E-state index is 6.82. The first-order valence-corrected chi connectivity index (χ1v) is 20.3. The van der Waals surface area contributed by atoms with E-state index in [0.717, 1.165) is 32.2 Å². The summed E-state index contributed by atoms with van der Waals surface area (Å²) in [6.45, 7) is 7.87. The summed E-state index contributed by atoms with van der Waals surface area (Å²) in [5.74, 6) is -0.324. The van der Waals surface area contributed by atoms with E-state index in [1.54, 1.807) is 0 Å². The topological polar surface area (TPSA) is 21.7 Å². The average molecular weight is 640 g/mol. The Labute approximate surface area is 287 Å². The molecule has 3 nitrogen and oxygen atoms in total. The van der Waals surface area contributed by atoms with E-state index < -0.39 is 0 Å². The lowest BCUT2D eigenvalue weighted by Crippen LogP contribution is -2.37. The third kappa shape index (κ3) is 19.0. The first kappa shape index (κ1) is 41.0. The van der Waals surface area contributed by atoms with Crippen LogP contribution in [0, 0.1) is 0 Å². The number of rotatable bonds is 30. The lowest BCUT2D eigenvalue weighted by atomic mass is 9.98. The minimum absolute atomic E-state index is 0.249. The van der Waals surface area contributed by atoms with Gasteiger partial charge in [0.25, 0.3) is 0 Å². The van der Waals surface area contributed by atoms with Gasteiger partial charge in [-0.3, -0.25) is 4.90 Å². The number of nitrogens with zero attached hydrogens (tertiary/aromatic N) is 1. The fourth-order valence-electron chi connectivity index (χ4n) is 7.07. The Morgan fingerprint density at radius 3 is 1.33 bits per heavy atom. The third-order valence-corrected chi connectivity index (χ3v) is 10.2. The van der Waals surface area contributed by atoms with Crippen molar-refractivity contribution in [2.75, 3.05) is 13.6 Å². The number of hydrogen-bond donors (Lipinski definition) is 0. The highest BCUT2D eigenvalue weighted by Gasteiger charge is 2.53. The predicted octanol–water partition coefficient (Wildman–Crippen LogP) is 13.2. The van der Waals surface area contributed by atoms with E-state index in [-0.39, 0.29) is 18.0 Å². The minimum Gasteiger partial charge on any atom is -0.343 e. The molecule has 46 heavy (non-hydrogen) atoms. The summed E-state index contributed by atoms with van der Waals surface area (Å²) in [7, 11) is 2.21. The molecule has 2 aliphatic rings. The Bertz CT molecular complexity index is 766. The monoisotopic (exact) mass is 640 g/mol. The van der Waals surface area contributed by atoms with Gasteiger partial charge >= 0.3 is 0 Å². The molecule has 2 fully saturated rings. The van der Waals surface area contributed by atoms with Crippen LogP contribution in [0.4, 0.5) is 0 Å². The maximum Gasteiger partial charge on any atom is 0.169 e. The van der Waals surface area contributed by atoms with Crippen molar-refractivity contribution in [2.24, 2.45) is 0 Å². The van der Waals surface area contributed by atoms with Gasteiger partial charge in [-0.25, -0.2) is 0 Å². The zero-order chi connectivity index (χ0) is 33.0. The van der Waals surface area contributed by atoms with Gasteiger partial charge in [-0.15, -0.1) is 0 Å². The fraction of sp³-hybridized carbons (Fsp3) is 0.814. The van der Waals surface area contributed by atoms with E-state index in [9.17, 15) is 0 Å². The average Bonchev–Trinajstić information content (AvgIpc) is 3.53. The van der Waals surface area contributed by atoms with E-state index in [0.29, 0.717) is 6.04 Å². The molecule has 2 aliphatic heterocycles. The molecule has 0 aromatic heterocycles. The van der Waals surface area contributed by atoms with Crippen molar-refractivity contribution in [1.82, 2.24) is 4.90 Å². The second-order valence-electron chi connectivity index (χ2n) is 14.5. The molecular formula is C43H77NO2. The summed E-state index contributed by atoms with van der Waals surface area (Å²) < 4.78 is 13.6. The highest BCUT2D eigenvalue weighted by Crippen LogP contribution is 2.42. The van der Waals surface area contributed by atoms with Crippen molar-refractivity contribution < 1.29 is 9.47 Å². The standard InChI is InChI=1S/C43H77NO2/c1-5-7-9-11-13-15-17-19-21-23-25-27-29-31-33-35-37-43(45-41-39-44(4)40(3)42(41)46-43)38-36-34-32-30-28-26-24-22-20-18-16-14-12-10-8-6-2/h13-16,19-22,40-42H,5-12,17-18,23-39H2,1-4H3/b15-13-,16-14-,21-19-,22-20-/t40-,41-,42+/m0/s1. The van der Waals surface area contributed by atoms with Gasteiger partial charge in [-0.2, -0.15) is 0 Å². The Kier molecular flexibility index (Phi) is 24.7. The quantitative estimate of drug-likeness (QED) is 0.0576. The van der Waals surface area contributed by atoms with Gasteiger partial charge < -0.3 is 9.47 Å². The van der Waals surface area contributed by atoms with Gasteiger partial charge in [0.2, 0.25) is 0 Å². The van der Waals surface area contributed by atoms with Crippen LogP contribution in [0.3, 0.4) is 0 Å². The van der Waals surface area contributed by atoms with Crippen molar-refractivity contribution >= 4 is 0 Å². The Balaban J connectivity index is 1.53. The number of fused-ring (bicyclic) bond motifs is 1. The third-order valence-electron chi connectivity index (χ3n) is 10.2. The van der Waals surface area contributed by atoms with Crippen molar-refractivity contribution in [3.8, 4) is 0 Å². The van der Waals surface area contributed by atoms with Gasteiger partial charge in [-0.05, 0) is 91.0 Å². The molecule has 0 bridgehead atoms. The molecular weight excluding hydrogens is 562 g/mol. The lowest BCUT2D eigenvalue weighted by Gasteiger charge is -2.31. The first-order valence-electron chi connectivity index (χ1n) is 20.3. The Hall–Kier alpha value is -1.16. The summed E-state index contributed by atoms with van der Waals surface area (Å²) in [6.07, 6.45) is 52.5. The van der Waals surface area contributed by atoms with Crippen molar-refractivity contribution in [1.29, 1.82) is 0 Å². The zero-order valence-corrected chi connectivity index (χ0v) is 31.2. The van der Waals surface area contributed by atoms with Crippen LogP contribution in [0.2, 0.25) is 0 Å². The summed E-state index contributed by atoms with van der Waals surface area (Å²) in [4.78, 5) is 2.40. The molecule has 0 aromatic carbocycles. The second-order valence-corrected chi connectivity index (χ2v) is 14.5. The maximum atomic E-state index is 6.82. The Morgan fingerprint density at radius 1 is 0.522 bits per heavy atom. The van der Waals surface area contributed by atoms with Crippen molar-refractivity contribution in [3.05, 3.63) is 48.6 Å². The van der Waals surface area contributed by atoms with Crippen LogP contribution in [-0.2, 0) is 9.47 Å². The summed E-state index contributed by atoms with van der Waals surface area (Å²) in [5, 5.41) is 0. The zero-order valence-electron chi connectivity index (χ0n) is 31.2. The second kappa shape index (κ2) is 27.8. The molecule has 2 heterocycles. The van der Waals surface area contributed by atoms with E-state index >= 15 is 0 Å². The molecule has 2 rings (SSSR count). The summed E-state index contributed by atoms with van der Waals surface area (Å²) in [6, 6.07) is 0.457. The number of ether oxygens (including phenoxy) is 2.